The Labute approximate surface area is 103 Å². The fraction of sp³-hybridized carbons (Fsp3) is 0.538. The maximum atomic E-state index is 5.94. The van der Waals surface area contributed by atoms with Crippen molar-refractivity contribution in [2.24, 2.45) is 5.73 Å². The first kappa shape index (κ1) is 13.5. The lowest BCUT2D eigenvalue weighted by atomic mass is 10.0. The van der Waals surface area contributed by atoms with Gasteiger partial charge in [0.05, 0.1) is 0 Å². The smallest absolute Gasteiger partial charge is 0.0408 e. The predicted octanol–water partition coefficient (Wildman–Crippen LogP) is 2.60. The molecule has 0 amide bonds. The van der Waals surface area contributed by atoms with E-state index in [1.54, 1.807) is 0 Å². The molecule has 90 valence electrons. The molecule has 3 N–H and O–H groups in total. The van der Waals surface area contributed by atoms with E-state index in [-0.39, 0.29) is 5.54 Å². The molecule has 0 aliphatic rings. The van der Waals surface area contributed by atoms with Gasteiger partial charge in [-0.2, -0.15) is 0 Å². The van der Waals surface area contributed by atoms with Crippen LogP contribution >= 0.6 is 11.6 Å². The number of nitrogens with two attached hydrogens (primary N) is 1. The molecule has 0 aromatic heterocycles. The molecule has 1 atom stereocenters. The van der Waals surface area contributed by atoms with E-state index < -0.39 is 0 Å². The summed E-state index contributed by atoms with van der Waals surface area (Å²) in [6.07, 6.45) is 0.969. The molecule has 0 saturated carbocycles. The molecular formula is C13H21ClN2. The highest BCUT2D eigenvalue weighted by molar-refractivity contribution is 6.30. The number of benzene rings is 1. The maximum Gasteiger partial charge on any atom is 0.0408 e. The second-order valence-electron chi connectivity index (χ2n) is 5.10. The SMILES string of the molecule is CC(Cc1cccc(Cl)c1)NCC(C)(C)N. The molecule has 1 aromatic rings. The molecule has 0 spiro atoms. The molecule has 3 heteroatoms. The number of hydrogen-bond donors (Lipinski definition) is 2. The van der Waals surface area contributed by atoms with Crippen LogP contribution in [-0.2, 0) is 6.42 Å². The Morgan fingerprint density at radius 3 is 2.69 bits per heavy atom. The summed E-state index contributed by atoms with van der Waals surface area (Å²) in [6, 6.07) is 8.38. The predicted molar refractivity (Wildman–Crippen MR) is 70.9 cm³/mol. The van der Waals surface area contributed by atoms with E-state index in [2.05, 4.69) is 18.3 Å². The van der Waals surface area contributed by atoms with Crippen molar-refractivity contribution in [3.8, 4) is 0 Å². The van der Waals surface area contributed by atoms with Crippen molar-refractivity contribution in [2.45, 2.75) is 38.8 Å². The zero-order chi connectivity index (χ0) is 12.2. The quantitative estimate of drug-likeness (QED) is 0.831. The summed E-state index contributed by atoms with van der Waals surface area (Å²) in [4.78, 5) is 0. The van der Waals surface area contributed by atoms with Gasteiger partial charge in [0.1, 0.15) is 0 Å². The van der Waals surface area contributed by atoms with Gasteiger partial charge in [0.25, 0.3) is 0 Å². The van der Waals surface area contributed by atoms with E-state index in [4.69, 9.17) is 17.3 Å². The fourth-order valence-electron chi connectivity index (χ4n) is 1.53. The Kier molecular flexibility index (Phi) is 4.78. The minimum Gasteiger partial charge on any atom is -0.324 e. The second kappa shape index (κ2) is 5.67. The van der Waals surface area contributed by atoms with Crippen molar-refractivity contribution in [3.63, 3.8) is 0 Å². The summed E-state index contributed by atoms with van der Waals surface area (Å²) in [7, 11) is 0. The van der Waals surface area contributed by atoms with Crippen molar-refractivity contribution in [3.05, 3.63) is 34.9 Å². The number of rotatable bonds is 5. The zero-order valence-electron chi connectivity index (χ0n) is 10.3. The lowest BCUT2D eigenvalue weighted by Gasteiger charge is -2.22. The third-order valence-electron chi connectivity index (χ3n) is 2.34. The highest BCUT2D eigenvalue weighted by Gasteiger charge is 2.12. The van der Waals surface area contributed by atoms with Gasteiger partial charge in [-0.15, -0.1) is 0 Å². The van der Waals surface area contributed by atoms with Crippen molar-refractivity contribution < 1.29 is 0 Å². The summed E-state index contributed by atoms with van der Waals surface area (Å²) in [5.41, 5.74) is 7.01. The van der Waals surface area contributed by atoms with E-state index in [1.165, 1.54) is 5.56 Å². The van der Waals surface area contributed by atoms with E-state index in [0.29, 0.717) is 6.04 Å². The van der Waals surface area contributed by atoms with Crippen LogP contribution in [0.3, 0.4) is 0 Å². The third-order valence-corrected chi connectivity index (χ3v) is 2.57. The average molecular weight is 241 g/mol. The van der Waals surface area contributed by atoms with Gasteiger partial charge in [-0.3, -0.25) is 0 Å². The van der Waals surface area contributed by atoms with Crippen molar-refractivity contribution >= 4 is 11.6 Å². The average Bonchev–Trinajstić information content (AvgIpc) is 2.14. The van der Waals surface area contributed by atoms with Crippen LogP contribution in [0.5, 0.6) is 0 Å². The van der Waals surface area contributed by atoms with Gasteiger partial charge in [0.2, 0.25) is 0 Å². The summed E-state index contributed by atoms with van der Waals surface area (Å²) in [5.74, 6) is 0. The van der Waals surface area contributed by atoms with Crippen molar-refractivity contribution in [2.75, 3.05) is 6.54 Å². The summed E-state index contributed by atoms with van der Waals surface area (Å²) < 4.78 is 0. The minimum atomic E-state index is -0.164. The van der Waals surface area contributed by atoms with E-state index in [0.717, 1.165) is 18.0 Å². The number of nitrogens with one attached hydrogen (secondary N) is 1. The van der Waals surface area contributed by atoms with Crippen LogP contribution in [0.15, 0.2) is 24.3 Å². The third kappa shape index (κ3) is 5.50. The molecule has 0 aliphatic heterocycles. The van der Waals surface area contributed by atoms with Crippen LogP contribution in [0.1, 0.15) is 26.3 Å². The van der Waals surface area contributed by atoms with Crippen LogP contribution < -0.4 is 11.1 Å². The maximum absolute atomic E-state index is 5.94. The van der Waals surface area contributed by atoms with Gasteiger partial charge in [-0.25, -0.2) is 0 Å². The molecule has 0 aliphatic carbocycles. The zero-order valence-corrected chi connectivity index (χ0v) is 11.0. The molecule has 1 aromatic carbocycles. The Bertz CT molecular complexity index is 331. The monoisotopic (exact) mass is 240 g/mol. The second-order valence-corrected chi connectivity index (χ2v) is 5.54. The number of hydrogen-bond acceptors (Lipinski definition) is 2. The lowest BCUT2D eigenvalue weighted by Crippen LogP contribution is -2.46. The van der Waals surface area contributed by atoms with Crippen molar-refractivity contribution in [1.29, 1.82) is 0 Å². The molecule has 0 heterocycles. The molecule has 0 saturated heterocycles. The van der Waals surface area contributed by atoms with Gasteiger partial charge in [-0.1, -0.05) is 23.7 Å². The Morgan fingerprint density at radius 2 is 2.12 bits per heavy atom. The number of halogens is 1. The van der Waals surface area contributed by atoms with E-state index in [9.17, 15) is 0 Å². The van der Waals surface area contributed by atoms with E-state index >= 15 is 0 Å². The topological polar surface area (TPSA) is 38.0 Å². The van der Waals surface area contributed by atoms with Gasteiger partial charge in [0.15, 0.2) is 0 Å². The first-order valence-electron chi connectivity index (χ1n) is 5.63. The molecule has 1 unspecified atom stereocenters. The van der Waals surface area contributed by atoms with Gasteiger partial charge in [0, 0.05) is 23.1 Å². The molecule has 1 rings (SSSR count). The Balaban J connectivity index is 2.43. The van der Waals surface area contributed by atoms with Gasteiger partial charge in [-0.05, 0) is 44.9 Å². The molecule has 0 fully saturated rings. The van der Waals surface area contributed by atoms with Crippen molar-refractivity contribution in [1.82, 2.24) is 5.32 Å². The molecule has 2 nitrogen and oxygen atoms in total. The Morgan fingerprint density at radius 1 is 1.44 bits per heavy atom. The summed E-state index contributed by atoms with van der Waals surface area (Å²) >= 11 is 5.94. The highest BCUT2D eigenvalue weighted by atomic mass is 35.5. The Hall–Kier alpha value is -0.570. The molecule has 0 radical (unpaired) electrons. The van der Waals surface area contributed by atoms with Crippen LogP contribution in [0.25, 0.3) is 0 Å². The van der Waals surface area contributed by atoms with Gasteiger partial charge >= 0.3 is 0 Å². The summed E-state index contributed by atoms with van der Waals surface area (Å²) in [6.45, 7) is 7.01. The molecule has 0 bridgehead atoms. The minimum absolute atomic E-state index is 0.164. The lowest BCUT2D eigenvalue weighted by molar-refractivity contribution is 0.427. The normalized spacial score (nSPS) is 13.8. The van der Waals surface area contributed by atoms with Crippen LogP contribution in [0.2, 0.25) is 5.02 Å². The first-order valence-corrected chi connectivity index (χ1v) is 6.01. The molecular weight excluding hydrogens is 220 g/mol. The van der Waals surface area contributed by atoms with Gasteiger partial charge < -0.3 is 11.1 Å². The fourth-order valence-corrected chi connectivity index (χ4v) is 1.74. The molecule has 16 heavy (non-hydrogen) atoms. The summed E-state index contributed by atoms with van der Waals surface area (Å²) in [5, 5.41) is 4.22. The largest absolute Gasteiger partial charge is 0.324 e. The highest BCUT2D eigenvalue weighted by Crippen LogP contribution is 2.12. The van der Waals surface area contributed by atoms with Crippen LogP contribution in [0, 0.1) is 0 Å². The van der Waals surface area contributed by atoms with E-state index in [1.807, 2.05) is 32.0 Å². The van der Waals surface area contributed by atoms with Crippen LogP contribution in [0.4, 0.5) is 0 Å². The standard InChI is InChI=1S/C13H21ClN2/c1-10(16-9-13(2,3)15)7-11-5-4-6-12(14)8-11/h4-6,8,10,16H,7,9,15H2,1-3H3. The van der Waals surface area contributed by atoms with Crippen LogP contribution in [-0.4, -0.2) is 18.1 Å². The first-order chi connectivity index (χ1) is 7.37.